The first-order valence-corrected chi connectivity index (χ1v) is 9.65. The van der Waals surface area contributed by atoms with Crippen LogP contribution in [0, 0.1) is 11.3 Å². The van der Waals surface area contributed by atoms with Crippen LogP contribution >= 0.6 is 0 Å². The summed E-state index contributed by atoms with van der Waals surface area (Å²) in [6.45, 7) is 4.64. The average molecular weight is 407 g/mol. The van der Waals surface area contributed by atoms with Crippen molar-refractivity contribution in [3.63, 3.8) is 0 Å². The van der Waals surface area contributed by atoms with E-state index in [1.807, 2.05) is 36.4 Å². The molecule has 0 bridgehead atoms. The number of nitriles is 1. The Bertz CT molecular complexity index is 1100. The molecule has 0 unspecified atom stereocenters. The van der Waals surface area contributed by atoms with E-state index in [2.05, 4.69) is 29.8 Å². The Balaban J connectivity index is 2.07. The quantitative estimate of drug-likeness (QED) is 0.559. The summed E-state index contributed by atoms with van der Waals surface area (Å²) < 4.78 is 17.4. The maximum absolute atomic E-state index is 12.0. The summed E-state index contributed by atoms with van der Waals surface area (Å²) in [4.78, 5) is 12.0. The lowest BCUT2D eigenvalue weighted by Gasteiger charge is -2.16. The molecule has 0 fully saturated rings. The summed E-state index contributed by atoms with van der Waals surface area (Å²) in [7, 11) is 3.16. The number of carbonyl (C=O) groups is 1. The van der Waals surface area contributed by atoms with E-state index in [0.717, 1.165) is 27.9 Å². The Morgan fingerprint density at radius 2 is 1.97 bits per heavy atom. The molecule has 1 N–H and O–H groups in total. The van der Waals surface area contributed by atoms with E-state index in [1.54, 1.807) is 20.3 Å². The average Bonchev–Trinajstić information content (AvgIpc) is 3.07. The van der Waals surface area contributed by atoms with Crippen LogP contribution in [-0.4, -0.2) is 38.1 Å². The van der Waals surface area contributed by atoms with Crippen molar-refractivity contribution in [3.8, 4) is 23.1 Å². The summed E-state index contributed by atoms with van der Waals surface area (Å²) in [6, 6.07) is 15.5. The fourth-order valence-electron chi connectivity index (χ4n) is 3.47. The lowest BCUT2D eigenvalue weighted by Crippen LogP contribution is -2.16. The fraction of sp³-hybridized carbons (Fsp3) is 0.304. The molecule has 3 aromatic rings. The number of rotatable bonds is 7. The molecule has 156 valence electrons. The molecule has 0 aliphatic heterocycles. The van der Waals surface area contributed by atoms with Gasteiger partial charge in [-0.2, -0.15) is 5.26 Å². The van der Waals surface area contributed by atoms with Crippen molar-refractivity contribution in [1.29, 1.82) is 5.26 Å². The molecule has 0 aliphatic carbocycles. The van der Waals surface area contributed by atoms with Crippen LogP contribution in [0.2, 0.25) is 0 Å². The van der Waals surface area contributed by atoms with Crippen molar-refractivity contribution in [3.05, 3.63) is 48.0 Å². The molecule has 0 saturated carbocycles. The van der Waals surface area contributed by atoms with E-state index >= 15 is 0 Å². The smallest absolute Gasteiger partial charge is 0.411 e. The van der Waals surface area contributed by atoms with Crippen LogP contribution in [0.5, 0.6) is 5.75 Å². The van der Waals surface area contributed by atoms with Crippen molar-refractivity contribution in [2.24, 2.45) is 0 Å². The Morgan fingerprint density at radius 1 is 1.17 bits per heavy atom. The number of benzene rings is 2. The van der Waals surface area contributed by atoms with Crippen molar-refractivity contribution in [1.82, 2.24) is 4.57 Å². The Labute approximate surface area is 175 Å². The van der Waals surface area contributed by atoms with Crippen molar-refractivity contribution < 1.29 is 19.0 Å². The number of fused-ring (bicyclic) bond motifs is 1. The van der Waals surface area contributed by atoms with E-state index < -0.39 is 6.09 Å². The molecular formula is C23H25N3O4. The molecule has 7 heteroatoms. The van der Waals surface area contributed by atoms with Crippen LogP contribution in [0.25, 0.3) is 22.2 Å². The van der Waals surface area contributed by atoms with Crippen LogP contribution in [-0.2, 0) is 9.47 Å². The molecule has 7 nitrogen and oxygen atoms in total. The second-order valence-corrected chi connectivity index (χ2v) is 7.02. The van der Waals surface area contributed by atoms with Gasteiger partial charge in [0.25, 0.3) is 0 Å². The lowest BCUT2D eigenvalue weighted by molar-refractivity contribution is 0.107. The molecule has 1 amide bonds. The number of carbonyl (C=O) groups excluding carboxylic acids is 1. The standard InChI is InChI=1S/C23H25N3O4/c1-15(2)26-21-13-18(29-4)8-9-19(21)20(14-24)22(26)16-6-5-7-17(12-16)25-23(27)30-11-10-28-3/h5-9,12-13,15H,10-11H2,1-4H3,(H,25,27). The van der Waals surface area contributed by atoms with Gasteiger partial charge >= 0.3 is 6.09 Å². The minimum atomic E-state index is -0.557. The molecule has 0 saturated heterocycles. The summed E-state index contributed by atoms with van der Waals surface area (Å²) in [5.41, 5.74) is 3.71. The predicted molar refractivity (Wildman–Crippen MR) is 116 cm³/mol. The number of hydrogen-bond donors (Lipinski definition) is 1. The van der Waals surface area contributed by atoms with E-state index in [1.165, 1.54) is 0 Å². The molecule has 1 heterocycles. The maximum Gasteiger partial charge on any atom is 0.411 e. The summed E-state index contributed by atoms with van der Waals surface area (Å²) in [6.07, 6.45) is -0.557. The zero-order valence-corrected chi connectivity index (χ0v) is 17.6. The van der Waals surface area contributed by atoms with E-state index in [-0.39, 0.29) is 12.6 Å². The second kappa shape index (κ2) is 9.33. The first-order valence-electron chi connectivity index (χ1n) is 9.65. The number of amides is 1. The number of ether oxygens (including phenoxy) is 3. The van der Waals surface area contributed by atoms with Gasteiger partial charge in [0.05, 0.1) is 30.5 Å². The monoisotopic (exact) mass is 407 g/mol. The third kappa shape index (κ3) is 4.24. The van der Waals surface area contributed by atoms with Gasteiger partial charge in [0.15, 0.2) is 0 Å². The highest BCUT2D eigenvalue weighted by Crippen LogP contribution is 2.38. The van der Waals surface area contributed by atoms with E-state index in [9.17, 15) is 10.1 Å². The number of anilines is 1. The SMILES string of the molecule is COCCOC(=O)Nc1cccc(-c2c(C#N)c3ccc(OC)cc3n2C(C)C)c1. The molecule has 0 spiro atoms. The predicted octanol–water partition coefficient (Wildman–Crippen LogP) is 4.96. The molecule has 2 aromatic carbocycles. The minimum absolute atomic E-state index is 0.104. The number of nitrogens with one attached hydrogen (secondary N) is 1. The van der Waals surface area contributed by atoms with E-state index in [0.29, 0.717) is 17.9 Å². The van der Waals surface area contributed by atoms with Gasteiger partial charge in [0.1, 0.15) is 18.4 Å². The molecule has 3 rings (SSSR count). The van der Waals surface area contributed by atoms with Crippen molar-refractivity contribution in [2.45, 2.75) is 19.9 Å². The normalized spacial score (nSPS) is 10.8. The van der Waals surface area contributed by atoms with Gasteiger partial charge in [-0.3, -0.25) is 5.32 Å². The highest BCUT2D eigenvalue weighted by atomic mass is 16.6. The first kappa shape index (κ1) is 21.2. The van der Waals surface area contributed by atoms with Gasteiger partial charge in [-0.05, 0) is 38.1 Å². The molecule has 1 aromatic heterocycles. The van der Waals surface area contributed by atoms with Gasteiger partial charge < -0.3 is 18.8 Å². The van der Waals surface area contributed by atoms with Crippen molar-refractivity contribution >= 4 is 22.7 Å². The second-order valence-electron chi connectivity index (χ2n) is 7.02. The molecule has 0 aliphatic rings. The highest BCUT2D eigenvalue weighted by molar-refractivity contribution is 5.96. The van der Waals surface area contributed by atoms with Crippen molar-refractivity contribution in [2.75, 3.05) is 32.8 Å². The Kier molecular flexibility index (Phi) is 6.60. The summed E-state index contributed by atoms with van der Waals surface area (Å²) in [5.74, 6) is 0.729. The van der Waals surface area contributed by atoms with Crippen LogP contribution in [0.1, 0.15) is 25.5 Å². The van der Waals surface area contributed by atoms with Crippen LogP contribution in [0.4, 0.5) is 10.5 Å². The molecule has 0 atom stereocenters. The minimum Gasteiger partial charge on any atom is -0.497 e. The highest BCUT2D eigenvalue weighted by Gasteiger charge is 2.21. The number of methoxy groups -OCH3 is 2. The zero-order chi connectivity index (χ0) is 21.7. The van der Waals surface area contributed by atoms with Gasteiger partial charge in [-0.1, -0.05) is 12.1 Å². The van der Waals surface area contributed by atoms with Gasteiger partial charge in [0, 0.05) is 35.9 Å². The largest absolute Gasteiger partial charge is 0.497 e. The zero-order valence-electron chi connectivity index (χ0n) is 17.6. The Morgan fingerprint density at radius 3 is 2.63 bits per heavy atom. The van der Waals surface area contributed by atoms with Crippen LogP contribution in [0.3, 0.4) is 0 Å². The number of nitrogens with zero attached hydrogens (tertiary/aromatic N) is 2. The fourth-order valence-corrected chi connectivity index (χ4v) is 3.47. The molecule has 30 heavy (non-hydrogen) atoms. The molecular weight excluding hydrogens is 382 g/mol. The van der Waals surface area contributed by atoms with Crippen LogP contribution < -0.4 is 10.1 Å². The number of aromatic nitrogens is 1. The van der Waals surface area contributed by atoms with Gasteiger partial charge in [-0.15, -0.1) is 0 Å². The maximum atomic E-state index is 12.0. The van der Waals surface area contributed by atoms with Crippen LogP contribution in [0.15, 0.2) is 42.5 Å². The van der Waals surface area contributed by atoms with Gasteiger partial charge in [0.2, 0.25) is 0 Å². The molecule has 0 radical (unpaired) electrons. The van der Waals surface area contributed by atoms with Gasteiger partial charge in [-0.25, -0.2) is 4.79 Å². The third-order valence-corrected chi connectivity index (χ3v) is 4.74. The van der Waals surface area contributed by atoms with E-state index in [4.69, 9.17) is 14.2 Å². The summed E-state index contributed by atoms with van der Waals surface area (Å²) in [5, 5.41) is 13.5. The lowest BCUT2D eigenvalue weighted by atomic mass is 10.1. The Hall–Kier alpha value is -3.50. The topological polar surface area (TPSA) is 85.5 Å². The first-order chi connectivity index (χ1) is 14.5. The summed E-state index contributed by atoms with van der Waals surface area (Å²) >= 11 is 0. The number of hydrogen-bond acceptors (Lipinski definition) is 5. The third-order valence-electron chi connectivity index (χ3n) is 4.74.